The normalized spacial score (nSPS) is 14.5. The van der Waals surface area contributed by atoms with E-state index < -0.39 is 11.8 Å². The third kappa shape index (κ3) is 3.59. The lowest BCUT2D eigenvalue weighted by Crippen LogP contribution is -2.31. The molecule has 2 aromatic carbocycles. The highest BCUT2D eigenvalue weighted by molar-refractivity contribution is 8.04. The van der Waals surface area contributed by atoms with Crippen LogP contribution >= 0.6 is 35.0 Å². The zero-order valence-corrected chi connectivity index (χ0v) is 17.3. The SMILES string of the molecule is COc1ccccc1C1=C(SC(C)C)C(=O)N(c2cccc(Cl)c2Cl)C1=O. The lowest BCUT2D eigenvalue weighted by atomic mass is 10.0. The lowest BCUT2D eigenvalue weighted by molar-refractivity contribution is -0.119. The van der Waals surface area contributed by atoms with Crippen LogP contribution in [0, 0.1) is 0 Å². The second-order valence-electron chi connectivity index (χ2n) is 6.09. The minimum absolute atomic E-state index is 0.108. The van der Waals surface area contributed by atoms with Gasteiger partial charge in [0.15, 0.2) is 0 Å². The van der Waals surface area contributed by atoms with Crippen LogP contribution in [0.25, 0.3) is 5.57 Å². The van der Waals surface area contributed by atoms with Gasteiger partial charge in [0.2, 0.25) is 0 Å². The summed E-state index contributed by atoms with van der Waals surface area (Å²) in [6.45, 7) is 3.93. The van der Waals surface area contributed by atoms with E-state index in [0.29, 0.717) is 21.8 Å². The van der Waals surface area contributed by atoms with Gasteiger partial charge in [0, 0.05) is 10.8 Å². The van der Waals surface area contributed by atoms with Crippen LogP contribution in [0.5, 0.6) is 5.75 Å². The van der Waals surface area contributed by atoms with Gasteiger partial charge in [0.05, 0.1) is 33.3 Å². The van der Waals surface area contributed by atoms with E-state index in [1.165, 1.54) is 18.9 Å². The molecule has 2 amide bonds. The number of anilines is 1. The number of hydrogen-bond donors (Lipinski definition) is 0. The molecule has 1 aliphatic heterocycles. The molecule has 0 aliphatic carbocycles. The van der Waals surface area contributed by atoms with E-state index in [9.17, 15) is 9.59 Å². The van der Waals surface area contributed by atoms with Gasteiger partial charge in [-0.1, -0.05) is 61.3 Å². The van der Waals surface area contributed by atoms with Gasteiger partial charge in [-0.15, -0.1) is 11.8 Å². The van der Waals surface area contributed by atoms with Crippen molar-refractivity contribution in [1.29, 1.82) is 0 Å². The van der Waals surface area contributed by atoms with Crippen LogP contribution in [0.1, 0.15) is 19.4 Å². The highest BCUT2D eigenvalue weighted by Gasteiger charge is 2.42. The molecule has 0 radical (unpaired) electrons. The molecule has 1 heterocycles. The van der Waals surface area contributed by atoms with E-state index in [4.69, 9.17) is 27.9 Å². The zero-order chi connectivity index (χ0) is 19.7. The predicted molar refractivity (Wildman–Crippen MR) is 112 cm³/mol. The van der Waals surface area contributed by atoms with Crippen LogP contribution in [0.15, 0.2) is 47.4 Å². The van der Waals surface area contributed by atoms with E-state index in [1.807, 2.05) is 19.9 Å². The van der Waals surface area contributed by atoms with Gasteiger partial charge < -0.3 is 4.74 Å². The topological polar surface area (TPSA) is 46.6 Å². The summed E-state index contributed by atoms with van der Waals surface area (Å²) in [6.07, 6.45) is 0. The second-order valence-corrected chi connectivity index (χ2v) is 8.46. The Labute approximate surface area is 172 Å². The average Bonchev–Trinajstić information content (AvgIpc) is 2.87. The van der Waals surface area contributed by atoms with Crippen LogP contribution in [0.3, 0.4) is 0 Å². The zero-order valence-electron chi connectivity index (χ0n) is 15.0. The van der Waals surface area contributed by atoms with Crippen LogP contribution < -0.4 is 9.64 Å². The summed E-state index contributed by atoms with van der Waals surface area (Å²) in [6, 6.07) is 12.0. The number of methoxy groups -OCH3 is 1. The molecule has 7 heteroatoms. The van der Waals surface area contributed by atoms with Crippen molar-refractivity contribution < 1.29 is 14.3 Å². The smallest absolute Gasteiger partial charge is 0.272 e. The number of carbonyl (C=O) groups is 2. The van der Waals surface area contributed by atoms with Gasteiger partial charge in [-0.05, 0) is 18.2 Å². The number of carbonyl (C=O) groups excluding carboxylic acids is 2. The van der Waals surface area contributed by atoms with Crippen molar-refractivity contribution in [2.75, 3.05) is 12.0 Å². The molecule has 0 saturated heterocycles. The number of benzene rings is 2. The Bertz CT molecular complexity index is 956. The summed E-state index contributed by atoms with van der Waals surface area (Å²) in [7, 11) is 1.53. The average molecular weight is 422 g/mol. The number of nitrogens with zero attached hydrogens (tertiary/aromatic N) is 1. The second kappa shape index (κ2) is 7.97. The lowest BCUT2D eigenvalue weighted by Gasteiger charge is -2.17. The first kappa shape index (κ1) is 19.8. The summed E-state index contributed by atoms with van der Waals surface area (Å²) >= 11 is 13.7. The fraction of sp³-hybridized carbons (Fsp3) is 0.200. The maximum atomic E-state index is 13.3. The number of thioether (sulfide) groups is 1. The Morgan fingerprint density at radius 3 is 2.37 bits per heavy atom. The number of hydrogen-bond acceptors (Lipinski definition) is 4. The van der Waals surface area contributed by atoms with Crippen molar-refractivity contribution in [3.63, 3.8) is 0 Å². The monoisotopic (exact) mass is 421 g/mol. The summed E-state index contributed by atoms with van der Waals surface area (Å²) in [5, 5.41) is 0.547. The van der Waals surface area contributed by atoms with E-state index in [1.54, 1.807) is 36.4 Å². The molecule has 0 bridgehead atoms. The minimum atomic E-state index is -0.447. The van der Waals surface area contributed by atoms with Gasteiger partial charge in [-0.3, -0.25) is 9.59 Å². The van der Waals surface area contributed by atoms with Crippen LogP contribution in [-0.2, 0) is 9.59 Å². The number of ether oxygens (including phenoxy) is 1. The third-order valence-corrected chi connectivity index (χ3v) is 5.84. The highest BCUT2D eigenvalue weighted by atomic mass is 35.5. The number of rotatable bonds is 5. The molecule has 4 nitrogen and oxygen atoms in total. The first-order chi connectivity index (χ1) is 12.9. The maximum absolute atomic E-state index is 13.3. The Morgan fingerprint density at radius 1 is 1.00 bits per heavy atom. The van der Waals surface area contributed by atoms with E-state index in [0.717, 1.165) is 4.90 Å². The molecule has 0 saturated carbocycles. The van der Waals surface area contributed by atoms with Gasteiger partial charge in [-0.25, -0.2) is 4.90 Å². The molecule has 140 valence electrons. The molecule has 0 spiro atoms. The number of amides is 2. The minimum Gasteiger partial charge on any atom is -0.496 e. The molecule has 0 atom stereocenters. The molecular weight excluding hydrogens is 405 g/mol. The summed E-state index contributed by atoms with van der Waals surface area (Å²) < 4.78 is 5.41. The van der Waals surface area contributed by atoms with Crippen molar-refractivity contribution in [3.8, 4) is 5.75 Å². The highest BCUT2D eigenvalue weighted by Crippen LogP contribution is 2.44. The fourth-order valence-corrected chi connectivity index (χ4v) is 4.19. The number of halogens is 2. The van der Waals surface area contributed by atoms with Gasteiger partial charge in [0.1, 0.15) is 5.75 Å². The van der Waals surface area contributed by atoms with Gasteiger partial charge in [0.25, 0.3) is 11.8 Å². The van der Waals surface area contributed by atoms with Crippen molar-refractivity contribution in [1.82, 2.24) is 0 Å². The molecular formula is C20H17Cl2NO3S. The number of para-hydroxylation sites is 1. The number of imide groups is 1. The van der Waals surface area contributed by atoms with Crippen molar-refractivity contribution in [2.45, 2.75) is 19.1 Å². The summed E-state index contributed by atoms with van der Waals surface area (Å²) in [4.78, 5) is 28.0. The Hall–Kier alpha value is -1.95. The van der Waals surface area contributed by atoms with Crippen molar-refractivity contribution in [3.05, 3.63) is 63.0 Å². The van der Waals surface area contributed by atoms with Crippen molar-refractivity contribution in [2.24, 2.45) is 0 Å². The van der Waals surface area contributed by atoms with Crippen molar-refractivity contribution >= 4 is 58.0 Å². The Balaban J connectivity index is 2.19. The molecule has 27 heavy (non-hydrogen) atoms. The van der Waals surface area contributed by atoms with E-state index >= 15 is 0 Å². The van der Waals surface area contributed by atoms with Crippen LogP contribution in [0.2, 0.25) is 10.0 Å². The van der Waals surface area contributed by atoms with Crippen LogP contribution in [-0.4, -0.2) is 24.2 Å². The molecule has 2 aromatic rings. The predicted octanol–water partition coefficient (Wildman–Crippen LogP) is 5.43. The molecule has 0 fully saturated rings. The van der Waals surface area contributed by atoms with E-state index in [2.05, 4.69) is 0 Å². The first-order valence-electron chi connectivity index (χ1n) is 8.24. The largest absolute Gasteiger partial charge is 0.496 e. The molecule has 0 aromatic heterocycles. The van der Waals surface area contributed by atoms with Gasteiger partial charge in [-0.2, -0.15) is 0 Å². The standard InChI is InChI=1S/C20H17Cl2NO3S/c1-11(2)27-18-16(12-7-4-5-10-15(12)26-3)19(24)23(20(18)25)14-9-6-8-13(21)17(14)22/h4-11H,1-3H3. The van der Waals surface area contributed by atoms with E-state index in [-0.39, 0.29) is 21.0 Å². The summed E-state index contributed by atoms with van der Waals surface area (Å²) in [5.41, 5.74) is 1.15. The van der Waals surface area contributed by atoms with Gasteiger partial charge >= 0.3 is 0 Å². The summed E-state index contributed by atoms with van der Waals surface area (Å²) in [5.74, 6) is -0.338. The molecule has 3 rings (SSSR count). The molecule has 1 aliphatic rings. The Kier molecular flexibility index (Phi) is 5.84. The maximum Gasteiger partial charge on any atom is 0.272 e. The Morgan fingerprint density at radius 2 is 1.70 bits per heavy atom. The van der Waals surface area contributed by atoms with Crippen LogP contribution in [0.4, 0.5) is 5.69 Å². The molecule has 0 N–H and O–H groups in total. The third-order valence-electron chi connectivity index (χ3n) is 3.94. The fourth-order valence-electron chi connectivity index (χ4n) is 2.83. The first-order valence-corrected chi connectivity index (χ1v) is 9.87. The molecule has 0 unspecified atom stereocenters. The quantitative estimate of drug-likeness (QED) is 0.603.